The lowest BCUT2D eigenvalue weighted by Gasteiger charge is -2.35. The Morgan fingerprint density at radius 3 is 2.27 bits per heavy atom. The van der Waals surface area contributed by atoms with Crippen molar-refractivity contribution >= 4 is 0 Å². The average Bonchev–Trinajstić information content (AvgIpc) is 2.49. The molecule has 0 heterocycles. The van der Waals surface area contributed by atoms with Crippen LogP contribution in [0.2, 0.25) is 0 Å². The molecule has 0 spiro atoms. The van der Waals surface area contributed by atoms with E-state index < -0.39 is 0 Å². The molecular formula is C15H24. The van der Waals surface area contributed by atoms with Crippen molar-refractivity contribution in [2.24, 2.45) is 39.9 Å². The maximum absolute atomic E-state index is 2.64. The fraction of sp³-hybridized carbons (Fsp3) is 1.00. The van der Waals surface area contributed by atoms with Gasteiger partial charge in [-0.3, -0.25) is 0 Å². The van der Waals surface area contributed by atoms with E-state index in [4.69, 9.17) is 0 Å². The van der Waals surface area contributed by atoms with E-state index in [0.29, 0.717) is 5.41 Å². The van der Waals surface area contributed by atoms with Gasteiger partial charge >= 0.3 is 0 Å². The largest absolute Gasteiger partial charge is 0.0596 e. The van der Waals surface area contributed by atoms with Crippen molar-refractivity contribution in [2.45, 2.75) is 53.4 Å². The van der Waals surface area contributed by atoms with E-state index in [1.165, 1.54) is 19.3 Å². The summed E-state index contributed by atoms with van der Waals surface area (Å²) in [7, 11) is 0. The first-order valence-corrected chi connectivity index (χ1v) is 6.93. The Kier molecular flexibility index (Phi) is 1.24. The molecule has 0 aromatic carbocycles. The zero-order chi connectivity index (χ0) is 10.6. The van der Waals surface area contributed by atoms with E-state index in [2.05, 4.69) is 27.7 Å². The van der Waals surface area contributed by atoms with Crippen LogP contribution in [-0.4, -0.2) is 0 Å². The van der Waals surface area contributed by atoms with Gasteiger partial charge in [0.05, 0.1) is 0 Å². The summed E-state index contributed by atoms with van der Waals surface area (Å²) in [5, 5.41) is 0. The number of hydrogen-bond acceptors (Lipinski definition) is 0. The molecule has 5 aliphatic rings. The maximum Gasteiger partial charge on any atom is -0.0204 e. The zero-order valence-corrected chi connectivity index (χ0v) is 10.6. The van der Waals surface area contributed by atoms with Crippen molar-refractivity contribution in [3.05, 3.63) is 0 Å². The van der Waals surface area contributed by atoms with Gasteiger partial charge in [0, 0.05) is 0 Å². The minimum atomic E-state index is 0.649. The molecule has 0 amide bonds. The molecular weight excluding hydrogens is 180 g/mol. The van der Waals surface area contributed by atoms with Gasteiger partial charge in [-0.25, -0.2) is 0 Å². The van der Waals surface area contributed by atoms with Crippen molar-refractivity contribution in [1.82, 2.24) is 0 Å². The Morgan fingerprint density at radius 1 is 0.867 bits per heavy atom. The standard InChI is InChI=1S/C15H24/c1-13(2)6-5-7-14(3)9-8-10-12(11(9)13)15(10,14)4/h9-12H,5-8H2,1-4H3/t9-,10-,11+,12+,14+,15+/m1/s1. The molecule has 5 aliphatic carbocycles. The van der Waals surface area contributed by atoms with Gasteiger partial charge in [0.1, 0.15) is 0 Å². The lowest BCUT2D eigenvalue weighted by molar-refractivity contribution is 0.127. The summed E-state index contributed by atoms with van der Waals surface area (Å²) in [5.74, 6) is 4.44. The minimum Gasteiger partial charge on any atom is -0.0596 e. The van der Waals surface area contributed by atoms with Gasteiger partial charge in [-0.2, -0.15) is 0 Å². The van der Waals surface area contributed by atoms with Crippen molar-refractivity contribution in [2.75, 3.05) is 0 Å². The van der Waals surface area contributed by atoms with E-state index in [1.54, 1.807) is 6.42 Å². The minimum absolute atomic E-state index is 0.649. The molecule has 5 rings (SSSR count). The predicted octanol–water partition coefficient (Wildman–Crippen LogP) is 4.10. The van der Waals surface area contributed by atoms with Crippen molar-refractivity contribution in [1.29, 1.82) is 0 Å². The Balaban J connectivity index is 1.89. The summed E-state index contributed by atoms with van der Waals surface area (Å²) in [6, 6.07) is 0. The van der Waals surface area contributed by atoms with Crippen LogP contribution in [0.4, 0.5) is 0 Å². The fourth-order valence-electron chi connectivity index (χ4n) is 6.75. The smallest absolute Gasteiger partial charge is 0.0204 e. The third-order valence-electron chi connectivity index (χ3n) is 7.58. The molecule has 5 fully saturated rings. The Bertz CT molecular complexity index is 342. The van der Waals surface area contributed by atoms with Gasteiger partial charge in [-0.1, -0.05) is 34.1 Å². The quantitative estimate of drug-likeness (QED) is 0.557. The normalized spacial score (nSPS) is 68.0. The monoisotopic (exact) mass is 204 g/mol. The summed E-state index contributed by atoms with van der Waals surface area (Å²) < 4.78 is 0. The van der Waals surface area contributed by atoms with Crippen LogP contribution >= 0.6 is 0 Å². The topological polar surface area (TPSA) is 0 Å². The highest BCUT2D eigenvalue weighted by molar-refractivity contribution is 5.33. The molecule has 5 saturated carbocycles. The van der Waals surface area contributed by atoms with Gasteiger partial charge in [0.2, 0.25) is 0 Å². The summed E-state index contributed by atoms with van der Waals surface area (Å²) in [6.45, 7) is 10.4. The first-order valence-electron chi connectivity index (χ1n) is 6.93. The van der Waals surface area contributed by atoms with Crippen LogP contribution in [-0.2, 0) is 0 Å². The number of hydrogen-bond donors (Lipinski definition) is 0. The van der Waals surface area contributed by atoms with E-state index in [0.717, 1.165) is 34.5 Å². The Morgan fingerprint density at radius 2 is 1.60 bits per heavy atom. The molecule has 0 heteroatoms. The van der Waals surface area contributed by atoms with Crippen LogP contribution in [0.25, 0.3) is 0 Å². The molecule has 0 radical (unpaired) electrons. The molecule has 0 aromatic rings. The molecule has 0 nitrogen and oxygen atoms in total. The first kappa shape index (κ1) is 9.07. The van der Waals surface area contributed by atoms with Crippen LogP contribution in [0.1, 0.15) is 53.4 Å². The van der Waals surface area contributed by atoms with Crippen LogP contribution in [0, 0.1) is 39.9 Å². The lowest BCUT2D eigenvalue weighted by atomic mass is 9.69. The first-order chi connectivity index (χ1) is 6.93. The second-order valence-corrected chi connectivity index (χ2v) is 8.04. The summed E-state index contributed by atoms with van der Waals surface area (Å²) >= 11 is 0. The summed E-state index contributed by atoms with van der Waals surface area (Å²) in [5.41, 5.74) is 2.16. The van der Waals surface area contributed by atoms with Gasteiger partial charge in [-0.15, -0.1) is 0 Å². The van der Waals surface area contributed by atoms with Gasteiger partial charge in [-0.05, 0) is 59.2 Å². The SMILES string of the molecule is CC1(C)CCC[C@@]2(C)[C@@H]3C[C@@H]4[C@@H]([C@H]31)[C@]42C. The molecule has 0 unspecified atom stereocenters. The molecule has 0 aromatic heterocycles. The molecule has 6 bridgehead atoms. The molecule has 84 valence electrons. The maximum atomic E-state index is 2.64. The van der Waals surface area contributed by atoms with Crippen LogP contribution < -0.4 is 0 Å². The number of rotatable bonds is 0. The van der Waals surface area contributed by atoms with Gasteiger partial charge < -0.3 is 0 Å². The van der Waals surface area contributed by atoms with Crippen LogP contribution in [0.15, 0.2) is 0 Å². The highest BCUT2D eigenvalue weighted by Crippen LogP contribution is 2.91. The Hall–Kier alpha value is 0. The average molecular weight is 204 g/mol. The van der Waals surface area contributed by atoms with Crippen LogP contribution in [0.3, 0.4) is 0 Å². The zero-order valence-electron chi connectivity index (χ0n) is 10.6. The molecule has 15 heavy (non-hydrogen) atoms. The molecule has 0 saturated heterocycles. The van der Waals surface area contributed by atoms with E-state index >= 15 is 0 Å². The van der Waals surface area contributed by atoms with E-state index in [-0.39, 0.29) is 0 Å². The third-order valence-corrected chi connectivity index (χ3v) is 7.58. The molecule has 6 atom stereocenters. The summed E-state index contributed by atoms with van der Waals surface area (Å²) in [6.07, 6.45) is 6.10. The van der Waals surface area contributed by atoms with E-state index in [9.17, 15) is 0 Å². The van der Waals surface area contributed by atoms with Crippen LogP contribution in [0.5, 0.6) is 0 Å². The van der Waals surface area contributed by atoms with Crippen molar-refractivity contribution < 1.29 is 0 Å². The second kappa shape index (κ2) is 2.05. The highest BCUT2D eigenvalue weighted by atomic mass is 14.9. The summed E-state index contributed by atoms with van der Waals surface area (Å²) in [4.78, 5) is 0. The molecule has 0 aliphatic heterocycles. The van der Waals surface area contributed by atoms with Gasteiger partial charge in [0.15, 0.2) is 0 Å². The second-order valence-electron chi connectivity index (χ2n) is 8.04. The third kappa shape index (κ3) is 0.666. The van der Waals surface area contributed by atoms with Gasteiger partial charge in [0.25, 0.3) is 0 Å². The van der Waals surface area contributed by atoms with Crippen molar-refractivity contribution in [3.8, 4) is 0 Å². The highest BCUT2D eigenvalue weighted by Gasteiger charge is 2.86. The molecule has 0 N–H and O–H groups in total. The van der Waals surface area contributed by atoms with E-state index in [1.807, 2.05) is 0 Å². The predicted molar refractivity (Wildman–Crippen MR) is 62.4 cm³/mol. The fourth-order valence-corrected chi connectivity index (χ4v) is 6.75. The lowest BCUT2D eigenvalue weighted by Crippen LogP contribution is -2.29. The Labute approximate surface area is 93.8 Å². The van der Waals surface area contributed by atoms with Crippen molar-refractivity contribution in [3.63, 3.8) is 0 Å².